The van der Waals surface area contributed by atoms with E-state index in [1.54, 1.807) is 6.07 Å². The molecule has 1 aromatic carbocycles. The van der Waals surface area contributed by atoms with Crippen molar-refractivity contribution in [2.75, 3.05) is 23.4 Å². The molecule has 0 aliphatic rings. The van der Waals surface area contributed by atoms with Crippen molar-refractivity contribution in [3.8, 4) is 0 Å². The van der Waals surface area contributed by atoms with Crippen LogP contribution in [0, 0.1) is 0 Å². The Hall–Kier alpha value is -0.0800. The smallest absolute Gasteiger partial charge is 0.234 e. The minimum absolute atomic E-state index is 0.145. The SMILES string of the molecule is O=C(CSCC(O)CO)Nc1ccc(Br)cc1Br. The van der Waals surface area contributed by atoms with E-state index in [0.29, 0.717) is 11.4 Å². The van der Waals surface area contributed by atoms with Gasteiger partial charge in [-0.2, -0.15) is 0 Å². The molecule has 1 amide bonds. The number of amides is 1. The van der Waals surface area contributed by atoms with Crippen molar-refractivity contribution in [3.63, 3.8) is 0 Å². The third-order valence-electron chi connectivity index (χ3n) is 1.96. The summed E-state index contributed by atoms with van der Waals surface area (Å²) >= 11 is 7.96. The van der Waals surface area contributed by atoms with Gasteiger partial charge in [0.15, 0.2) is 0 Å². The maximum absolute atomic E-state index is 11.6. The molecule has 0 bridgehead atoms. The van der Waals surface area contributed by atoms with Gasteiger partial charge in [0, 0.05) is 14.7 Å². The molecule has 1 aromatic rings. The van der Waals surface area contributed by atoms with E-state index in [0.717, 1.165) is 8.95 Å². The third kappa shape index (κ3) is 5.71. The van der Waals surface area contributed by atoms with Gasteiger partial charge < -0.3 is 15.5 Å². The number of nitrogens with one attached hydrogen (secondary N) is 1. The van der Waals surface area contributed by atoms with Crippen LogP contribution in [0.5, 0.6) is 0 Å². The fourth-order valence-corrected chi connectivity index (χ4v) is 3.02. The van der Waals surface area contributed by atoms with E-state index >= 15 is 0 Å². The zero-order valence-corrected chi connectivity index (χ0v) is 13.4. The van der Waals surface area contributed by atoms with E-state index in [1.165, 1.54) is 11.8 Å². The van der Waals surface area contributed by atoms with Crippen LogP contribution in [-0.4, -0.2) is 40.3 Å². The van der Waals surface area contributed by atoms with Crippen molar-refractivity contribution in [3.05, 3.63) is 27.1 Å². The fraction of sp³-hybridized carbons (Fsp3) is 0.364. The second kappa shape index (κ2) is 8.16. The fourth-order valence-electron chi connectivity index (χ4n) is 1.12. The molecule has 0 saturated heterocycles. The Balaban J connectivity index is 2.40. The standard InChI is InChI=1S/C11H13Br2NO3S/c12-7-1-2-10(9(13)3-7)14-11(17)6-18-5-8(16)4-15/h1-3,8,15-16H,4-6H2,(H,14,17). The zero-order chi connectivity index (χ0) is 13.5. The van der Waals surface area contributed by atoms with Gasteiger partial charge in [-0.05, 0) is 34.1 Å². The lowest BCUT2D eigenvalue weighted by Crippen LogP contribution is -2.19. The highest BCUT2D eigenvalue weighted by atomic mass is 79.9. The van der Waals surface area contributed by atoms with Crippen molar-refractivity contribution >= 4 is 55.2 Å². The average Bonchev–Trinajstić information content (AvgIpc) is 2.32. The van der Waals surface area contributed by atoms with Crippen molar-refractivity contribution in [2.24, 2.45) is 0 Å². The normalized spacial score (nSPS) is 12.2. The van der Waals surface area contributed by atoms with Gasteiger partial charge in [-0.1, -0.05) is 15.9 Å². The molecule has 7 heteroatoms. The lowest BCUT2D eigenvalue weighted by molar-refractivity contribution is -0.113. The number of carbonyl (C=O) groups excluding carboxylic acids is 1. The van der Waals surface area contributed by atoms with Gasteiger partial charge in [0.2, 0.25) is 5.91 Å². The summed E-state index contributed by atoms with van der Waals surface area (Å²) in [4.78, 5) is 11.6. The number of hydrogen-bond acceptors (Lipinski definition) is 4. The first-order valence-electron chi connectivity index (χ1n) is 5.14. The summed E-state index contributed by atoms with van der Waals surface area (Å²) in [6.07, 6.45) is -0.776. The number of rotatable bonds is 6. The molecule has 4 nitrogen and oxygen atoms in total. The Morgan fingerprint density at radius 2 is 2.17 bits per heavy atom. The molecule has 0 aliphatic carbocycles. The highest BCUT2D eigenvalue weighted by Crippen LogP contribution is 2.26. The molecule has 3 N–H and O–H groups in total. The second-order valence-corrected chi connectivity index (χ2v) is 6.32. The quantitative estimate of drug-likeness (QED) is 0.687. The Morgan fingerprint density at radius 3 is 2.78 bits per heavy atom. The van der Waals surface area contributed by atoms with Crippen LogP contribution in [0.1, 0.15) is 0 Å². The van der Waals surface area contributed by atoms with Crippen LogP contribution in [-0.2, 0) is 4.79 Å². The third-order valence-corrected chi connectivity index (χ3v) is 4.20. The molecule has 1 atom stereocenters. The largest absolute Gasteiger partial charge is 0.394 e. The van der Waals surface area contributed by atoms with Gasteiger partial charge in [-0.3, -0.25) is 4.79 Å². The lowest BCUT2D eigenvalue weighted by atomic mass is 10.3. The van der Waals surface area contributed by atoms with Crippen LogP contribution >= 0.6 is 43.6 Å². The Labute approximate surface area is 126 Å². The van der Waals surface area contributed by atoms with E-state index in [1.807, 2.05) is 12.1 Å². The number of halogens is 2. The van der Waals surface area contributed by atoms with Gasteiger partial charge in [0.05, 0.1) is 24.2 Å². The summed E-state index contributed by atoms with van der Waals surface area (Å²) in [5.41, 5.74) is 0.700. The van der Waals surface area contributed by atoms with Gasteiger partial charge in [0.1, 0.15) is 0 Å². The summed E-state index contributed by atoms with van der Waals surface area (Å²) in [5, 5.41) is 20.5. The summed E-state index contributed by atoms with van der Waals surface area (Å²) < 4.78 is 1.72. The molecule has 100 valence electrons. The average molecular weight is 399 g/mol. The van der Waals surface area contributed by atoms with Crippen LogP contribution in [0.25, 0.3) is 0 Å². The zero-order valence-electron chi connectivity index (χ0n) is 9.40. The van der Waals surface area contributed by atoms with E-state index < -0.39 is 6.10 Å². The first-order chi connectivity index (χ1) is 8.52. The summed E-state index contributed by atoms with van der Waals surface area (Å²) in [6.45, 7) is -0.285. The molecule has 0 aromatic heterocycles. The maximum atomic E-state index is 11.6. The van der Waals surface area contributed by atoms with Gasteiger partial charge in [0.25, 0.3) is 0 Å². The van der Waals surface area contributed by atoms with Crippen LogP contribution < -0.4 is 5.32 Å². The molecule has 1 unspecified atom stereocenters. The van der Waals surface area contributed by atoms with Crippen LogP contribution in [0.2, 0.25) is 0 Å². The molecule has 0 heterocycles. The molecule has 0 fully saturated rings. The number of hydrogen-bond donors (Lipinski definition) is 3. The van der Waals surface area contributed by atoms with Crippen molar-refractivity contribution < 1.29 is 15.0 Å². The lowest BCUT2D eigenvalue weighted by Gasteiger charge is -2.09. The van der Waals surface area contributed by atoms with Crippen molar-refractivity contribution in [1.29, 1.82) is 0 Å². The Kier molecular flexibility index (Phi) is 7.25. The van der Waals surface area contributed by atoms with Gasteiger partial charge >= 0.3 is 0 Å². The van der Waals surface area contributed by atoms with E-state index in [2.05, 4.69) is 37.2 Å². The topological polar surface area (TPSA) is 69.6 Å². The summed E-state index contributed by atoms with van der Waals surface area (Å²) in [7, 11) is 0. The van der Waals surface area contributed by atoms with E-state index in [9.17, 15) is 4.79 Å². The first kappa shape index (κ1) is 16.0. The number of benzene rings is 1. The number of aliphatic hydroxyl groups is 2. The molecular weight excluding hydrogens is 386 g/mol. The Bertz CT molecular complexity index is 417. The van der Waals surface area contributed by atoms with Crippen LogP contribution in [0.3, 0.4) is 0 Å². The molecule has 1 rings (SSSR count). The van der Waals surface area contributed by atoms with Crippen LogP contribution in [0.4, 0.5) is 5.69 Å². The van der Waals surface area contributed by atoms with E-state index in [4.69, 9.17) is 10.2 Å². The monoisotopic (exact) mass is 397 g/mol. The second-order valence-electron chi connectivity index (χ2n) is 3.52. The van der Waals surface area contributed by atoms with Gasteiger partial charge in [-0.15, -0.1) is 11.8 Å². The molecule has 0 aliphatic heterocycles. The number of thioether (sulfide) groups is 1. The minimum atomic E-state index is -0.776. The summed E-state index contributed by atoms with van der Waals surface area (Å²) in [5.74, 6) is 0.429. The number of aliphatic hydroxyl groups excluding tert-OH is 2. The number of carbonyl (C=O) groups is 1. The van der Waals surface area contributed by atoms with Crippen LogP contribution in [0.15, 0.2) is 27.1 Å². The maximum Gasteiger partial charge on any atom is 0.234 e. The molecule has 0 radical (unpaired) electrons. The number of anilines is 1. The van der Waals surface area contributed by atoms with Gasteiger partial charge in [-0.25, -0.2) is 0 Å². The molecule has 0 saturated carbocycles. The highest BCUT2D eigenvalue weighted by Gasteiger charge is 2.08. The predicted octanol–water partition coefficient (Wildman–Crippen LogP) is 2.24. The van der Waals surface area contributed by atoms with Crippen molar-refractivity contribution in [2.45, 2.75) is 6.10 Å². The summed E-state index contributed by atoms with van der Waals surface area (Å²) in [6, 6.07) is 5.47. The highest BCUT2D eigenvalue weighted by molar-refractivity contribution is 9.11. The predicted molar refractivity (Wildman–Crippen MR) is 80.9 cm³/mol. The Morgan fingerprint density at radius 1 is 1.44 bits per heavy atom. The molecule has 0 spiro atoms. The molecular formula is C11H13Br2NO3S. The van der Waals surface area contributed by atoms with E-state index in [-0.39, 0.29) is 18.3 Å². The first-order valence-corrected chi connectivity index (χ1v) is 7.88. The van der Waals surface area contributed by atoms with Crippen molar-refractivity contribution in [1.82, 2.24) is 0 Å². The minimum Gasteiger partial charge on any atom is -0.394 e. The molecule has 18 heavy (non-hydrogen) atoms.